The summed E-state index contributed by atoms with van der Waals surface area (Å²) in [7, 11) is 0. The van der Waals surface area contributed by atoms with E-state index in [-0.39, 0.29) is 0 Å². The van der Waals surface area contributed by atoms with Crippen LogP contribution >= 0.6 is 0 Å². The van der Waals surface area contributed by atoms with Gasteiger partial charge in [-0.25, -0.2) is 0 Å². The minimum atomic E-state index is 0.666. The zero-order valence-electron chi connectivity index (χ0n) is 10.4. The van der Waals surface area contributed by atoms with Gasteiger partial charge in [0.1, 0.15) is 0 Å². The molecule has 0 aromatic carbocycles. The Kier molecular flexibility index (Phi) is 2.29. The second-order valence-corrected chi connectivity index (χ2v) is 6.02. The highest BCUT2D eigenvalue weighted by molar-refractivity contribution is 5.24. The number of nitrogens with zero attached hydrogens (tertiary/aromatic N) is 2. The van der Waals surface area contributed by atoms with E-state index in [1.54, 1.807) is 0 Å². The van der Waals surface area contributed by atoms with Gasteiger partial charge in [-0.15, -0.1) is 0 Å². The molecule has 0 amide bonds. The zero-order chi connectivity index (χ0) is 11.2. The largest absolute Gasteiger partial charge is 0.312 e. The number of hydrogen-bond acceptors (Lipinski definition) is 2. The molecular formula is C14H21N3. The first-order valence-corrected chi connectivity index (χ1v) is 7.21. The molecule has 4 rings (SSSR count). The molecule has 3 nitrogen and oxygen atoms in total. The molecule has 1 N–H and O–H groups in total. The lowest BCUT2D eigenvalue weighted by atomic mass is 10.2. The maximum atomic E-state index is 4.87. The number of rotatable bonds is 4. The van der Waals surface area contributed by atoms with Crippen LogP contribution in [0.15, 0.2) is 6.07 Å². The molecule has 17 heavy (non-hydrogen) atoms. The summed E-state index contributed by atoms with van der Waals surface area (Å²) in [6, 6.07) is 3.07. The third-order valence-electron chi connectivity index (χ3n) is 4.38. The van der Waals surface area contributed by atoms with Crippen molar-refractivity contribution in [2.45, 2.75) is 62.9 Å². The third-order valence-corrected chi connectivity index (χ3v) is 4.38. The lowest BCUT2D eigenvalue weighted by molar-refractivity contribution is 0.461. The van der Waals surface area contributed by atoms with Crippen molar-refractivity contribution in [3.8, 4) is 0 Å². The zero-order valence-corrected chi connectivity index (χ0v) is 10.4. The van der Waals surface area contributed by atoms with Crippen LogP contribution in [0, 0.1) is 0 Å². The van der Waals surface area contributed by atoms with Crippen molar-refractivity contribution in [2.24, 2.45) is 0 Å². The molecule has 0 unspecified atom stereocenters. The molecule has 92 valence electrons. The van der Waals surface area contributed by atoms with E-state index < -0.39 is 0 Å². The van der Waals surface area contributed by atoms with Crippen molar-refractivity contribution in [3.63, 3.8) is 0 Å². The van der Waals surface area contributed by atoms with Crippen molar-refractivity contribution in [2.75, 3.05) is 6.54 Å². The van der Waals surface area contributed by atoms with Crippen LogP contribution in [-0.4, -0.2) is 22.4 Å². The molecule has 0 radical (unpaired) electrons. The number of aromatic nitrogens is 2. The smallest absolute Gasteiger partial charge is 0.0658 e. The lowest BCUT2D eigenvalue weighted by Gasteiger charge is -2.12. The van der Waals surface area contributed by atoms with Crippen molar-refractivity contribution >= 4 is 0 Å². The first-order valence-electron chi connectivity index (χ1n) is 7.21. The van der Waals surface area contributed by atoms with Gasteiger partial charge < -0.3 is 5.32 Å². The van der Waals surface area contributed by atoms with Gasteiger partial charge in [0.25, 0.3) is 0 Å². The maximum Gasteiger partial charge on any atom is 0.0658 e. The Morgan fingerprint density at radius 1 is 1.18 bits per heavy atom. The SMILES string of the molecule is c1c(C2CC2)nn(C[C@H]2CCCN2)c1C1CC1. The van der Waals surface area contributed by atoms with Crippen LogP contribution in [0.1, 0.15) is 61.7 Å². The van der Waals surface area contributed by atoms with Crippen molar-refractivity contribution in [1.82, 2.24) is 15.1 Å². The summed E-state index contributed by atoms with van der Waals surface area (Å²) in [4.78, 5) is 0. The fourth-order valence-electron chi connectivity index (χ4n) is 3.01. The summed E-state index contributed by atoms with van der Waals surface area (Å²) >= 11 is 0. The van der Waals surface area contributed by atoms with E-state index in [0.717, 1.165) is 18.4 Å². The topological polar surface area (TPSA) is 29.9 Å². The fraction of sp³-hybridized carbons (Fsp3) is 0.786. The molecule has 0 spiro atoms. The molecule has 1 aliphatic heterocycles. The van der Waals surface area contributed by atoms with Crippen LogP contribution in [0.25, 0.3) is 0 Å². The first kappa shape index (κ1) is 10.1. The Bertz CT molecular complexity index is 409. The van der Waals surface area contributed by atoms with Crippen molar-refractivity contribution in [3.05, 3.63) is 17.5 Å². The summed E-state index contributed by atoms with van der Waals surface area (Å²) in [5, 5.41) is 8.46. The molecule has 1 saturated heterocycles. The Morgan fingerprint density at radius 2 is 2.00 bits per heavy atom. The number of nitrogens with one attached hydrogen (secondary N) is 1. The molecule has 3 heteroatoms. The van der Waals surface area contributed by atoms with E-state index in [1.807, 2.05) is 0 Å². The van der Waals surface area contributed by atoms with Crippen molar-refractivity contribution < 1.29 is 0 Å². The quantitative estimate of drug-likeness (QED) is 0.862. The van der Waals surface area contributed by atoms with E-state index in [4.69, 9.17) is 5.10 Å². The molecule has 2 saturated carbocycles. The predicted molar refractivity (Wildman–Crippen MR) is 67.2 cm³/mol. The van der Waals surface area contributed by atoms with Gasteiger partial charge in [0, 0.05) is 23.6 Å². The third kappa shape index (κ3) is 2.01. The van der Waals surface area contributed by atoms with Crippen LogP contribution in [0.2, 0.25) is 0 Å². The van der Waals surface area contributed by atoms with Crippen LogP contribution in [-0.2, 0) is 6.54 Å². The first-order chi connectivity index (χ1) is 8.40. The second kappa shape index (κ2) is 3.84. The van der Waals surface area contributed by atoms with Gasteiger partial charge in [-0.2, -0.15) is 5.10 Å². The van der Waals surface area contributed by atoms with E-state index in [0.29, 0.717) is 6.04 Å². The van der Waals surface area contributed by atoms with Gasteiger partial charge in [-0.3, -0.25) is 4.68 Å². The molecule has 1 atom stereocenters. The van der Waals surface area contributed by atoms with Crippen LogP contribution in [0.3, 0.4) is 0 Å². The van der Waals surface area contributed by atoms with E-state index >= 15 is 0 Å². The average molecular weight is 231 g/mol. The fourth-order valence-corrected chi connectivity index (χ4v) is 3.01. The highest BCUT2D eigenvalue weighted by atomic mass is 15.3. The molecule has 1 aromatic heterocycles. The molecule has 2 heterocycles. The highest BCUT2D eigenvalue weighted by Gasteiger charge is 2.33. The van der Waals surface area contributed by atoms with Gasteiger partial charge in [0.15, 0.2) is 0 Å². The minimum absolute atomic E-state index is 0.666. The monoisotopic (exact) mass is 231 g/mol. The molecule has 3 fully saturated rings. The van der Waals surface area contributed by atoms with Crippen LogP contribution in [0.4, 0.5) is 0 Å². The maximum absolute atomic E-state index is 4.87. The van der Waals surface area contributed by atoms with E-state index in [9.17, 15) is 0 Å². The van der Waals surface area contributed by atoms with Gasteiger partial charge >= 0.3 is 0 Å². The molecule has 1 aromatic rings. The normalized spacial score (nSPS) is 28.8. The summed E-state index contributed by atoms with van der Waals surface area (Å²) in [5.74, 6) is 1.63. The van der Waals surface area contributed by atoms with E-state index in [1.165, 1.54) is 56.5 Å². The minimum Gasteiger partial charge on any atom is -0.312 e. The van der Waals surface area contributed by atoms with Gasteiger partial charge in [0.05, 0.1) is 12.2 Å². The number of hydrogen-bond donors (Lipinski definition) is 1. The van der Waals surface area contributed by atoms with Crippen LogP contribution in [0.5, 0.6) is 0 Å². The van der Waals surface area contributed by atoms with E-state index in [2.05, 4.69) is 16.1 Å². The Hall–Kier alpha value is -0.830. The predicted octanol–water partition coefficient (Wildman–Crippen LogP) is 2.39. The summed E-state index contributed by atoms with van der Waals surface area (Å²) in [6.45, 7) is 2.29. The second-order valence-electron chi connectivity index (χ2n) is 6.02. The van der Waals surface area contributed by atoms with Gasteiger partial charge in [-0.1, -0.05) is 0 Å². The summed E-state index contributed by atoms with van der Waals surface area (Å²) < 4.78 is 2.33. The van der Waals surface area contributed by atoms with Crippen molar-refractivity contribution in [1.29, 1.82) is 0 Å². The molecular weight excluding hydrogens is 210 g/mol. The molecule has 0 bridgehead atoms. The Balaban J connectivity index is 1.57. The average Bonchev–Trinajstić information content (AvgIpc) is 3.26. The molecule has 2 aliphatic carbocycles. The summed E-state index contributed by atoms with van der Waals surface area (Å²) in [5.41, 5.74) is 2.91. The van der Waals surface area contributed by atoms with Gasteiger partial charge in [-0.05, 0) is 51.1 Å². The molecule has 3 aliphatic rings. The Morgan fingerprint density at radius 3 is 2.65 bits per heavy atom. The lowest BCUT2D eigenvalue weighted by Crippen LogP contribution is -2.28. The van der Waals surface area contributed by atoms with Crippen LogP contribution < -0.4 is 5.32 Å². The Labute approximate surface area is 103 Å². The highest BCUT2D eigenvalue weighted by Crippen LogP contribution is 2.44. The summed E-state index contributed by atoms with van der Waals surface area (Å²) in [6.07, 6.45) is 8.15. The van der Waals surface area contributed by atoms with Gasteiger partial charge in [0.2, 0.25) is 0 Å². The standard InChI is InChI=1S/C14H21N3/c1-2-12(15-7-1)9-17-14(11-5-6-11)8-13(16-17)10-3-4-10/h8,10-12,15H,1-7,9H2/t12-/m1/s1.